The van der Waals surface area contributed by atoms with Gasteiger partial charge in [0.05, 0.1) is 0 Å². The molecule has 2 aromatic heterocycles. The van der Waals surface area contributed by atoms with Crippen molar-refractivity contribution in [3.63, 3.8) is 0 Å². The first kappa shape index (κ1) is 13.1. The Kier molecular flexibility index (Phi) is 5.03. The van der Waals surface area contributed by atoms with Crippen LogP contribution in [0.25, 0.3) is 0 Å². The fourth-order valence-corrected chi connectivity index (χ4v) is 4.09. The number of nitrogens with zero attached hydrogens (tertiary/aromatic N) is 1. The second-order valence-electron chi connectivity index (χ2n) is 3.81. The molecule has 0 saturated heterocycles. The highest BCUT2D eigenvalue weighted by atomic mass is 32.2. The third-order valence-electron chi connectivity index (χ3n) is 2.36. The van der Waals surface area contributed by atoms with Gasteiger partial charge in [0.25, 0.3) is 0 Å². The summed E-state index contributed by atoms with van der Waals surface area (Å²) in [7, 11) is 0. The Morgan fingerprint density at radius 2 is 2.24 bits per heavy atom. The van der Waals surface area contributed by atoms with Crippen LogP contribution in [0, 0.1) is 13.8 Å². The highest BCUT2D eigenvalue weighted by molar-refractivity contribution is 8.01. The van der Waals surface area contributed by atoms with Gasteiger partial charge in [-0.3, -0.25) is 0 Å². The third-order valence-corrected chi connectivity index (χ3v) is 5.52. The third kappa shape index (κ3) is 4.10. The van der Waals surface area contributed by atoms with Crippen LogP contribution in [-0.2, 0) is 6.54 Å². The van der Waals surface area contributed by atoms with Crippen LogP contribution in [0.1, 0.15) is 16.1 Å². The first-order valence-corrected chi connectivity index (χ1v) is 8.29. The van der Waals surface area contributed by atoms with Crippen molar-refractivity contribution in [1.82, 2.24) is 10.3 Å². The Hall–Kier alpha value is -0.360. The van der Waals surface area contributed by atoms with Gasteiger partial charge in [0, 0.05) is 34.8 Å². The number of thiophene rings is 1. The largest absolute Gasteiger partial charge is 0.311 e. The molecule has 0 aliphatic rings. The fourth-order valence-electron chi connectivity index (χ4n) is 1.40. The summed E-state index contributed by atoms with van der Waals surface area (Å²) in [5.74, 6) is 1.08. The fraction of sp³-hybridized carbons (Fsp3) is 0.417. The zero-order valence-electron chi connectivity index (χ0n) is 10.0. The Balaban J connectivity index is 1.62. The van der Waals surface area contributed by atoms with Crippen molar-refractivity contribution in [2.75, 3.05) is 12.3 Å². The summed E-state index contributed by atoms with van der Waals surface area (Å²) in [5, 5.41) is 7.73. The summed E-state index contributed by atoms with van der Waals surface area (Å²) in [6, 6.07) is 2.18. The zero-order chi connectivity index (χ0) is 12.1. The molecule has 2 rings (SSSR count). The standard InChI is InChI=1S/C12H16N2S3/c1-9-3-5-15-11(9)7-13-4-6-16-12-14-10(2)8-17-12/h3,5,8,13H,4,6-7H2,1-2H3. The Bertz CT molecular complexity index is 462. The van der Waals surface area contributed by atoms with Gasteiger partial charge in [0.2, 0.25) is 0 Å². The summed E-state index contributed by atoms with van der Waals surface area (Å²) in [5.41, 5.74) is 2.52. The molecule has 0 atom stereocenters. The summed E-state index contributed by atoms with van der Waals surface area (Å²) in [4.78, 5) is 5.87. The van der Waals surface area contributed by atoms with E-state index in [9.17, 15) is 0 Å². The molecule has 17 heavy (non-hydrogen) atoms. The number of aryl methyl sites for hydroxylation is 2. The second-order valence-corrected chi connectivity index (χ2v) is 7.01. The van der Waals surface area contributed by atoms with E-state index in [0.29, 0.717) is 0 Å². The molecule has 0 aromatic carbocycles. The number of rotatable bonds is 6. The predicted molar refractivity (Wildman–Crippen MR) is 78.3 cm³/mol. The van der Waals surface area contributed by atoms with Gasteiger partial charge >= 0.3 is 0 Å². The van der Waals surface area contributed by atoms with E-state index >= 15 is 0 Å². The Morgan fingerprint density at radius 1 is 1.35 bits per heavy atom. The smallest absolute Gasteiger partial charge is 0.150 e. The molecule has 2 aromatic rings. The van der Waals surface area contributed by atoms with E-state index in [2.05, 4.69) is 34.1 Å². The molecule has 0 fully saturated rings. The molecule has 92 valence electrons. The summed E-state index contributed by atoms with van der Waals surface area (Å²) in [6.45, 7) is 6.22. The maximum absolute atomic E-state index is 4.43. The zero-order valence-corrected chi connectivity index (χ0v) is 12.5. The predicted octanol–water partition coefficient (Wildman–Crippen LogP) is 3.70. The van der Waals surface area contributed by atoms with E-state index in [0.717, 1.165) is 24.5 Å². The van der Waals surface area contributed by atoms with E-state index in [4.69, 9.17) is 0 Å². The van der Waals surface area contributed by atoms with Crippen LogP contribution in [0.15, 0.2) is 21.2 Å². The maximum atomic E-state index is 4.43. The lowest BCUT2D eigenvalue weighted by molar-refractivity contribution is 0.738. The topological polar surface area (TPSA) is 24.9 Å². The summed E-state index contributed by atoms with van der Waals surface area (Å²) < 4.78 is 1.18. The van der Waals surface area contributed by atoms with Gasteiger partial charge in [0.15, 0.2) is 0 Å². The Labute approximate surface area is 114 Å². The number of thioether (sulfide) groups is 1. The molecule has 1 N–H and O–H groups in total. The van der Waals surface area contributed by atoms with Gasteiger partial charge in [-0.2, -0.15) is 0 Å². The van der Waals surface area contributed by atoms with Gasteiger partial charge in [-0.05, 0) is 30.9 Å². The van der Waals surface area contributed by atoms with Gasteiger partial charge in [0.1, 0.15) is 4.34 Å². The summed E-state index contributed by atoms with van der Waals surface area (Å²) >= 11 is 5.39. The number of hydrogen-bond donors (Lipinski definition) is 1. The van der Waals surface area contributed by atoms with E-state index in [1.54, 1.807) is 11.3 Å². The number of nitrogens with one attached hydrogen (secondary N) is 1. The van der Waals surface area contributed by atoms with Gasteiger partial charge in [-0.15, -0.1) is 22.7 Å². The molecule has 2 heterocycles. The van der Waals surface area contributed by atoms with Crippen molar-refractivity contribution >= 4 is 34.4 Å². The van der Waals surface area contributed by atoms with Crippen LogP contribution >= 0.6 is 34.4 Å². The molecule has 0 aliphatic heterocycles. The van der Waals surface area contributed by atoms with Crippen molar-refractivity contribution in [1.29, 1.82) is 0 Å². The lowest BCUT2D eigenvalue weighted by Gasteiger charge is -2.02. The van der Waals surface area contributed by atoms with Crippen LogP contribution in [0.5, 0.6) is 0 Å². The molecule has 2 nitrogen and oxygen atoms in total. The molecule has 5 heteroatoms. The van der Waals surface area contributed by atoms with Crippen molar-refractivity contribution < 1.29 is 0 Å². The monoisotopic (exact) mass is 284 g/mol. The minimum atomic E-state index is 0.987. The van der Waals surface area contributed by atoms with E-state index in [1.807, 2.05) is 30.0 Å². The number of aromatic nitrogens is 1. The van der Waals surface area contributed by atoms with Crippen molar-refractivity contribution in [3.05, 3.63) is 33.0 Å². The maximum Gasteiger partial charge on any atom is 0.150 e. The number of hydrogen-bond acceptors (Lipinski definition) is 5. The first-order chi connectivity index (χ1) is 8.25. The Morgan fingerprint density at radius 3 is 2.88 bits per heavy atom. The van der Waals surface area contributed by atoms with Crippen LogP contribution in [-0.4, -0.2) is 17.3 Å². The normalized spacial score (nSPS) is 10.9. The SMILES string of the molecule is Cc1csc(SCCNCc2sccc2C)n1. The first-order valence-electron chi connectivity index (χ1n) is 5.54. The molecular weight excluding hydrogens is 268 g/mol. The van der Waals surface area contributed by atoms with Gasteiger partial charge in [-0.1, -0.05) is 11.8 Å². The molecule has 0 bridgehead atoms. The summed E-state index contributed by atoms with van der Waals surface area (Å²) in [6.07, 6.45) is 0. The second kappa shape index (κ2) is 6.54. The molecule has 0 unspecified atom stereocenters. The van der Waals surface area contributed by atoms with Crippen molar-refractivity contribution in [2.24, 2.45) is 0 Å². The van der Waals surface area contributed by atoms with Crippen molar-refractivity contribution in [2.45, 2.75) is 24.7 Å². The molecule has 0 spiro atoms. The average molecular weight is 284 g/mol. The molecule has 0 amide bonds. The molecular formula is C12H16N2S3. The van der Waals surface area contributed by atoms with E-state index in [-0.39, 0.29) is 0 Å². The minimum Gasteiger partial charge on any atom is -0.311 e. The van der Waals surface area contributed by atoms with Crippen LogP contribution < -0.4 is 5.32 Å². The number of thiazole rings is 1. The highest BCUT2D eigenvalue weighted by Crippen LogP contribution is 2.21. The highest BCUT2D eigenvalue weighted by Gasteiger charge is 2.00. The quantitative estimate of drug-likeness (QED) is 0.646. The molecule has 0 radical (unpaired) electrons. The minimum absolute atomic E-state index is 0.987. The van der Waals surface area contributed by atoms with Gasteiger partial charge < -0.3 is 5.32 Å². The lowest BCUT2D eigenvalue weighted by atomic mass is 10.3. The van der Waals surface area contributed by atoms with E-state index < -0.39 is 0 Å². The average Bonchev–Trinajstić information content (AvgIpc) is 2.88. The van der Waals surface area contributed by atoms with Gasteiger partial charge in [-0.25, -0.2) is 4.98 Å². The lowest BCUT2D eigenvalue weighted by Crippen LogP contribution is -2.16. The molecule has 0 saturated carbocycles. The van der Waals surface area contributed by atoms with Crippen LogP contribution in [0.3, 0.4) is 0 Å². The van der Waals surface area contributed by atoms with Crippen molar-refractivity contribution in [3.8, 4) is 0 Å². The van der Waals surface area contributed by atoms with E-state index in [1.165, 1.54) is 14.8 Å². The van der Waals surface area contributed by atoms with Crippen LogP contribution in [0.2, 0.25) is 0 Å². The van der Waals surface area contributed by atoms with Crippen LogP contribution in [0.4, 0.5) is 0 Å². The molecule has 0 aliphatic carbocycles.